The number of nitrogens with zero attached hydrogens (tertiary/aromatic N) is 1. The van der Waals surface area contributed by atoms with Crippen LogP contribution in [0.3, 0.4) is 0 Å². The van der Waals surface area contributed by atoms with E-state index in [2.05, 4.69) is 48.7 Å². The van der Waals surface area contributed by atoms with Gasteiger partial charge in [0.05, 0.1) is 0 Å². The topological polar surface area (TPSA) is 12.4 Å². The molecule has 0 aliphatic heterocycles. The van der Waals surface area contributed by atoms with Crippen LogP contribution in [0.25, 0.3) is 0 Å². The summed E-state index contributed by atoms with van der Waals surface area (Å²) in [6.07, 6.45) is 2.36. The lowest BCUT2D eigenvalue weighted by Gasteiger charge is -2.16. The fourth-order valence-electron chi connectivity index (χ4n) is 1.30. The van der Waals surface area contributed by atoms with Crippen LogP contribution in [0.15, 0.2) is 35.1 Å². The molecular formula is C11H18NP. The summed E-state index contributed by atoms with van der Waals surface area (Å²) in [5.74, 6) is 0. The van der Waals surface area contributed by atoms with E-state index < -0.39 is 7.05 Å². The Kier molecular flexibility index (Phi) is 3.74. The molecule has 1 rings (SSSR count). The molecule has 0 fully saturated rings. The van der Waals surface area contributed by atoms with Gasteiger partial charge in [0.25, 0.3) is 0 Å². The van der Waals surface area contributed by atoms with Gasteiger partial charge in [-0.1, -0.05) is 37.3 Å². The predicted octanol–water partition coefficient (Wildman–Crippen LogP) is 3.67. The summed E-state index contributed by atoms with van der Waals surface area (Å²) in [6.45, 7) is 4.56. The van der Waals surface area contributed by atoms with Crippen molar-refractivity contribution in [2.24, 2.45) is 4.74 Å². The highest BCUT2D eigenvalue weighted by atomic mass is 31.2. The van der Waals surface area contributed by atoms with E-state index >= 15 is 0 Å². The lowest BCUT2D eigenvalue weighted by atomic mass is 10.2. The lowest BCUT2D eigenvalue weighted by Crippen LogP contribution is -1.89. The summed E-state index contributed by atoms with van der Waals surface area (Å²) in [5.41, 5.74) is 1.42. The van der Waals surface area contributed by atoms with Gasteiger partial charge in [0.1, 0.15) is 0 Å². The molecule has 1 aromatic rings. The molecule has 0 amide bonds. The maximum Gasteiger partial charge on any atom is 0.0262 e. The third-order valence-electron chi connectivity index (χ3n) is 2.53. The van der Waals surface area contributed by atoms with Crippen LogP contribution in [-0.2, 0) is 6.16 Å². The van der Waals surface area contributed by atoms with Gasteiger partial charge in [0, 0.05) is 13.2 Å². The number of hydrogen-bond donors (Lipinski definition) is 0. The second-order valence-electron chi connectivity index (χ2n) is 3.50. The Labute approximate surface area is 81.2 Å². The highest BCUT2D eigenvalue weighted by Gasteiger charge is 2.09. The lowest BCUT2D eigenvalue weighted by molar-refractivity contribution is 1.30. The van der Waals surface area contributed by atoms with Crippen LogP contribution in [0.4, 0.5) is 0 Å². The van der Waals surface area contributed by atoms with E-state index in [4.69, 9.17) is 0 Å². The average molecular weight is 195 g/mol. The zero-order chi connectivity index (χ0) is 9.73. The largest absolute Gasteiger partial charge is 0.306 e. The molecule has 0 bridgehead atoms. The highest BCUT2D eigenvalue weighted by Crippen LogP contribution is 2.47. The molecule has 0 saturated carbocycles. The van der Waals surface area contributed by atoms with Crippen molar-refractivity contribution in [3.8, 4) is 0 Å². The molecule has 72 valence electrons. The normalized spacial score (nSPS) is 15.0. The third kappa shape index (κ3) is 3.00. The first-order valence-electron chi connectivity index (χ1n) is 4.70. The predicted molar refractivity (Wildman–Crippen MR) is 61.9 cm³/mol. The van der Waals surface area contributed by atoms with E-state index in [1.807, 2.05) is 7.05 Å². The second kappa shape index (κ2) is 4.62. The minimum Gasteiger partial charge on any atom is -0.306 e. The van der Waals surface area contributed by atoms with Crippen LogP contribution < -0.4 is 0 Å². The van der Waals surface area contributed by atoms with Crippen molar-refractivity contribution in [1.82, 2.24) is 0 Å². The smallest absolute Gasteiger partial charge is 0.0262 e. The zero-order valence-corrected chi connectivity index (χ0v) is 9.59. The fraction of sp³-hybridized carbons (Fsp3) is 0.455. The highest BCUT2D eigenvalue weighted by molar-refractivity contribution is 7.64. The van der Waals surface area contributed by atoms with Gasteiger partial charge in [-0.2, -0.15) is 0 Å². The summed E-state index contributed by atoms with van der Waals surface area (Å²) >= 11 is 0. The molecule has 1 aromatic carbocycles. The molecule has 2 heteroatoms. The third-order valence-corrected chi connectivity index (χ3v) is 5.90. The van der Waals surface area contributed by atoms with Crippen molar-refractivity contribution < 1.29 is 0 Å². The monoisotopic (exact) mass is 195 g/mol. The minimum atomic E-state index is -1.03. The quantitative estimate of drug-likeness (QED) is 0.652. The van der Waals surface area contributed by atoms with Crippen molar-refractivity contribution in [2.75, 3.05) is 19.9 Å². The Balaban J connectivity index is 2.80. The molecule has 0 heterocycles. The first-order chi connectivity index (χ1) is 6.20. The Morgan fingerprint density at radius 1 is 1.23 bits per heavy atom. The van der Waals surface area contributed by atoms with E-state index in [1.165, 1.54) is 11.7 Å². The van der Waals surface area contributed by atoms with Gasteiger partial charge in [-0.3, -0.25) is 0 Å². The molecule has 1 unspecified atom stereocenters. The van der Waals surface area contributed by atoms with E-state index in [-0.39, 0.29) is 0 Å². The Bertz CT molecular complexity index is 303. The Morgan fingerprint density at radius 2 is 1.85 bits per heavy atom. The summed E-state index contributed by atoms with van der Waals surface area (Å²) in [5, 5.41) is 0. The minimum absolute atomic E-state index is 1.03. The molecular weight excluding hydrogens is 177 g/mol. The van der Waals surface area contributed by atoms with Crippen molar-refractivity contribution in [2.45, 2.75) is 13.1 Å². The molecule has 1 atom stereocenters. The van der Waals surface area contributed by atoms with E-state index in [1.54, 1.807) is 0 Å². The molecule has 0 spiro atoms. The van der Waals surface area contributed by atoms with Gasteiger partial charge in [-0.25, -0.2) is 0 Å². The van der Waals surface area contributed by atoms with Crippen LogP contribution in [0, 0.1) is 0 Å². The van der Waals surface area contributed by atoms with Crippen molar-refractivity contribution in [3.63, 3.8) is 0 Å². The SMILES string of the molecule is CCP(C)(Cc1ccccc1)=NC. The van der Waals surface area contributed by atoms with Gasteiger partial charge < -0.3 is 4.74 Å². The molecule has 0 aliphatic carbocycles. The van der Waals surface area contributed by atoms with Crippen LogP contribution in [0.2, 0.25) is 0 Å². The zero-order valence-electron chi connectivity index (χ0n) is 8.70. The van der Waals surface area contributed by atoms with Crippen LogP contribution >= 0.6 is 7.05 Å². The molecule has 0 saturated heterocycles. The Hall–Kier alpha value is -0.550. The molecule has 0 aliphatic rings. The van der Waals surface area contributed by atoms with Gasteiger partial charge in [0.2, 0.25) is 0 Å². The number of benzene rings is 1. The van der Waals surface area contributed by atoms with Crippen molar-refractivity contribution in [3.05, 3.63) is 35.9 Å². The summed E-state index contributed by atoms with van der Waals surface area (Å²) in [4.78, 5) is 0. The first kappa shape index (κ1) is 10.5. The maximum atomic E-state index is 4.54. The van der Waals surface area contributed by atoms with E-state index in [0.717, 1.165) is 6.16 Å². The average Bonchev–Trinajstić information content (AvgIpc) is 2.19. The van der Waals surface area contributed by atoms with Crippen LogP contribution in [-0.4, -0.2) is 19.9 Å². The summed E-state index contributed by atoms with van der Waals surface area (Å²) in [6, 6.07) is 10.7. The molecule has 0 N–H and O–H groups in total. The van der Waals surface area contributed by atoms with Gasteiger partial charge in [0.15, 0.2) is 0 Å². The van der Waals surface area contributed by atoms with Crippen LogP contribution in [0.5, 0.6) is 0 Å². The fourth-order valence-corrected chi connectivity index (χ4v) is 2.95. The van der Waals surface area contributed by atoms with Crippen molar-refractivity contribution in [1.29, 1.82) is 0 Å². The van der Waals surface area contributed by atoms with E-state index in [9.17, 15) is 0 Å². The standard InChI is InChI=1S/C11H18NP/c1-4-13(3,12-2)10-11-8-6-5-7-9-11/h5-9H,4,10H2,1-3H3. The summed E-state index contributed by atoms with van der Waals surface area (Å²) < 4.78 is 4.54. The van der Waals surface area contributed by atoms with Gasteiger partial charge >= 0.3 is 0 Å². The molecule has 1 nitrogen and oxygen atoms in total. The van der Waals surface area contributed by atoms with Crippen molar-refractivity contribution >= 4 is 7.05 Å². The van der Waals surface area contributed by atoms with Gasteiger partial charge in [-0.15, -0.1) is 0 Å². The van der Waals surface area contributed by atoms with Gasteiger partial charge in [-0.05, 0) is 25.4 Å². The number of hydrogen-bond acceptors (Lipinski definition) is 1. The van der Waals surface area contributed by atoms with E-state index in [0.29, 0.717) is 0 Å². The van der Waals surface area contributed by atoms with Crippen LogP contribution in [0.1, 0.15) is 12.5 Å². The Morgan fingerprint density at radius 3 is 2.31 bits per heavy atom. The summed E-state index contributed by atoms with van der Waals surface area (Å²) in [7, 11) is 0.931. The molecule has 13 heavy (non-hydrogen) atoms. The number of rotatable bonds is 3. The first-order valence-corrected chi connectivity index (χ1v) is 7.26. The molecule has 0 radical (unpaired) electrons. The maximum absolute atomic E-state index is 4.54. The second-order valence-corrected chi connectivity index (χ2v) is 7.53. The molecule has 0 aromatic heterocycles.